The Hall–Kier alpha value is -13.9. The number of nitrogens with two attached hydrogens (primary N) is 3. The minimum Gasteiger partial charge on any atom is -0.497 e. The number of anilines is 4. The summed E-state index contributed by atoms with van der Waals surface area (Å²) in [4.78, 5) is 90.6. The second kappa shape index (κ2) is 42.3. The molecule has 3 amide bonds. The predicted octanol–water partition coefficient (Wildman–Crippen LogP) is 16.2. The summed E-state index contributed by atoms with van der Waals surface area (Å²) in [5.41, 5.74) is 28.6. The monoisotopic (exact) mass is 1980 g/mol. The highest BCUT2D eigenvalue weighted by atomic mass is 35.5. The summed E-state index contributed by atoms with van der Waals surface area (Å²) >= 11 is 0. The standard InChI is InChI=1S/3C22H19F3N4O3.C20H19N3O5.C11H12F3NO.ClH/c3*23-22(24,25)13-3-1-12(2-4-13)19-11-31-6-5-29(19)21(30)17-7-14-15-9-32-10-16(15)20(26)28-18(14)8-27-17;1-26-12-4-3-11(18(5-12)27-2)7-22-19-15-10-28-9-14(15)13-6-16(20(24)25)21-8-17(13)23-19;12-11(13,14)9-3-1-8(2-4-9)10-7-16-6-5-15-10;/h3*1-4,7-8,19H,5-6,9-11H2,(H2,26,28);3-6,8H,7,9-10H2,1-2H3,(H,22,23)(H,24,25);1-4,10,15H,5-7H2;1H/t2*19-;;;;/m10..../s1. The molecule has 44 heteroatoms. The van der Waals surface area contributed by atoms with E-state index in [1.54, 1.807) is 53.2 Å². The Balaban J connectivity index is 0.000000129. The number of nitrogen functional groups attached to an aromatic ring is 3. The van der Waals surface area contributed by atoms with Gasteiger partial charge in [-0.2, -0.15) is 52.7 Å². The first-order valence-electron chi connectivity index (χ1n) is 43.8. The van der Waals surface area contributed by atoms with Gasteiger partial charge in [-0.05, 0) is 129 Å². The van der Waals surface area contributed by atoms with Gasteiger partial charge in [-0.15, -0.1) is 12.4 Å². The van der Waals surface area contributed by atoms with Crippen LogP contribution in [0.25, 0.3) is 43.6 Å². The molecule has 4 atom stereocenters. The molecule has 0 saturated carbocycles. The number of carbonyl (C=O) groups excluding carboxylic acids is 3. The molecule has 13 aromatic rings. The maximum absolute atomic E-state index is 13.4. The number of alkyl halides is 12. The fraction of sp³-hybridized carbons (Fsp3) is 0.320. The topological polar surface area (TPSA) is 396 Å². The first kappa shape index (κ1) is 100. The lowest BCUT2D eigenvalue weighted by Crippen LogP contribution is -2.43. The SMILES string of the molecule is COc1ccc(CNc2nc3cnc(C(=O)O)cc3c3c2COC3)c(OC)c1.Cl.FC(F)(F)c1ccc(C2COCCN2)cc1.Nc1nc2cnc(C(=O)N3CCOCC3c3ccc(C(F)(F)F)cc3)cc2c2c1COC2.Nc1nc2cnc(C(=O)N3CCOC[C@@H]3c3ccc(C(F)(F)F)cc3)cc2c2c1COC2.Nc1nc2cnc(C(=O)N3CCOC[C@H]3c3ccc(C(F)(F)F)cc3)cc2c2c1COC2. The summed E-state index contributed by atoms with van der Waals surface area (Å²) in [5, 5.41) is 18.8. The first-order valence-corrected chi connectivity index (χ1v) is 43.8. The third-order valence-corrected chi connectivity index (χ3v) is 24.8. The van der Waals surface area contributed by atoms with Crippen molar-refractivity contribution >= 4 is 103 Å². The van der Waals surface area contributed by atoms with Crippen LogP contribution in [0.5, 0.6) is 11.5 Å². The number of halogens is 13. The van der Waals surface area contributed by atoms with Crippen LogP contribution in [0.1, 0.15) is 161 Å². The van der Waals surface area contributed by atoms with Crippen LogP contribution in [0.2, 0.25) is 0 Å². The van der Waals surface area contributed by atoms with Crippen LogP contribution in [0.4, 0.5) is 76.0 Å². The molecule has 21 rings (SSSR count). The van der Waals surface area contributed by atoms with Gasteiger partial charge in [0.05, 0.1) is 213 Å². The van der Waals surface area contributed by atoms with Crippen molar-refractivity contribution in [3.05, 3.63) is 282 Å². The Kier molecular flexibility index (Phi) is 30.0. The van der Waals surface area contributed by atoms with E-state index in [0.29, 0.717) is 180 Å². The van der Waals surface area contributed by atoms with E-state index in [-0.39, 0.29) is 78.8 Å². The molecule has 738 valence electrons. The summed E-state index contributed by atoms with van der Waals surface area (Å²) < 4.78 is 208. The molecule has 0 bridgehead atoms. The number of methoxy groups -OCH3 is 2. The van der Waals surface area contributed by atoms with Gasteiger partial charge in [0, 0.05) is 88.2 Å². The second-order valence-electron chi connectivity index (χ2n) is 33.3. The summed E-state index contributed by atoms with van der Waals surface area (Å²) in [6.07, 6.45) is -11.5. The number of aromatic carboxylic acids is 1. The number of nitrogens with zero attached hydrogens (tertiary/aromatic N) is 11. The maximum atomic E-state index is 13.4. The molecule has 16 heterocycles. The van der Waals surface area contributed by atoms with Crippen LogP contribution in [-0.2, 0) is 122 Å². The molecule has 8 aromatic heterocycles. The average Bonchev–Trinajstić information content (AvgIpc) is 1.75. The Labute approximate surface area is 800 Å². The lowest BCUT2D eigenvalue weighted by molar-refractivity contribution is -0.138. The molecular formula is C97H89ClF12N16O15. The fourth-order valence-electron chi connectivity index (χ4n) is 17.4. The number of carboxylic acid groups (broad SMARTS) is 1. The van der Waals surface area contributed by atoms with E-state index in [0.717, 1.165) is 138 Å². The van der Waals surface area contributed by atoms with E-state index in [1.807, 2.05) is 18.2 Å². The van der Waals surface area contributed by atoms with Gasteiger partial charge >= 0.3 is 30.7 Å². The van der Waals surface area contributed by atoms with Crippen LogP contribution in [-0.4, -0.2) is 177 Å². The van der Waals surface area contributed by atoms with Gasteiger partial charge in [-0.3, -0.25) is 14.4 Å². The number of carbonyl (C=O) groups is 4. The average molecular weight is 1980 g/mol. The van der Waals surface area contributed by atoms with E-state index >= 15 is 0 Å². The zero-order valence-electron chi connectivity index (χ0n) is 75.0. The summed E-state index contributed by atoms with van der Waals surface area (Å²) in [7, 11) is 3.22. The number of rotatable bonds is 13. The highest BCUT2D eigenvalue weighted by molar-refractivity contribution is 6.00. The van der Waals surface area contributed by atoms with Crippen molar-refractivity contribution in [3.8, 4) is 11.5 Å². The summed E-state index contributed by atoms with van der Waals surface area (Å²) in [5.74, 6) is 1.25. The van der Waals surface area contributed by atoms with E-state index in [9.17, 15) is 77.0 Å². The molecule has 5 aromatic carbocycles. The lowest BCUT2D eigenvalue weighted by atomic mass is 10.0. The molecule has 0 radical (unpaired) electrons. The zero-order valence-corrected chi connectivity index (χ0v) is 75.8. The molecule has 2 unspecified atom stereocenters. The van der Waals surface area contributed by atoms with E-state index in [4.69, 9.17) is 64.6 Å². The molecule has 8 aliphatic rings. The van der Waals surface area contributed by atoms with Gasteiger partial charge in [0.15, 0.2) is 0 Å². The van der Waals surface area contributed by atoms with Crippen molar-refractivity contribution in [2.75, 3.05) is 116 Å². The highest BCUT2D eigenvalue weighted by Crippen LogP contribution is 2.42. The quantitative estimate of drug-likeness (QED) is 0.0584. The Morgan fingerprint density at radius 3 is 1.05 bits per heavy atom. The number of carboxylic acids is 1. The molecule has 8 aliphatic heterocycles. The molecule has 141 heavy (non-hydrogen) atoms. The van der Waals surface area contributed by atoms with Crippen molar-refractivity contribution in [2.45, 2.75) is 108 Å². The number of morpholine rings is 4. The minimum absolute atomic E-state index is 0. The third kappa shape index (κ3) is 22.0. The van der Waals surface area contributed by atoms with Gasteiger partial charge in [-0.1, -0.05) is 48.5 Å². The number of fused-ring (bicyclic) bond motifs is 12. The van der Waals surface area contributed by atoms with Crippen LogP contribution >= 0.6 is 12.4 Å². The maximum Gasteiger partial charge on any atom is 0.416 e. The largest absolute Gasteiger partial charge is 0.497 e. The van der Waals surface area contributed by atoms with Gasteiger partial charge in [-0.25, -0.2) is 44.7 Å². The Morgan fingerprint density at radius 1 is 0.397 bits per heavy atom. The predicted molar refractivity (Wildman–Crippen MR) is 488 cm³/mol. The van der Waals surface area contributed by atoms with Crippen LogP contribution in [0.15, 0.2) is 164 Å². The van der Waals surface area contributed by atoms with Crippen LogP contribution < -0.4 is 37.3 Å². The normalized spacial score (nSPS) is 17.8. The molecule has 9 N–H and O–H groups in total. The van der Waals surface area contributed by atoms with Crippen molar-refractivity contribution in [1.29, 1.82) is 0 Å². The number of pyridine rings is 8. The summed E-state index contributed by atoms with van der Waals surface area (Å²) in [6.45, 7) is 7.90. The Morgan fingerprint density at radius 2 is 0.716 bits per heavy atom. The fourth-order valence-corrected chi connectivity index (χ4v) is 17.4. The number of nitrogens with one attached hydrogen (secondary N) is 2. The minimum atomic E-state index is -4.42. The molecular weight excluding hydrogens is 1890 g/mol. The van der Waals surface area contributed by atoms with E-state index < -0.39 is 71.1 Å². The van der Waals surface area contributed by atoms with Crippen LogP contribution in [0.3, 0.4) is 0 Å². The summed E-state index contributed by atoms with van der Waals surface area (Å²) in [6, 6.07) is 30.2. The first-order chi connectivity index (χ1) is 67.1. The molecule has 4 saturated heterocycles. The van der Waals surface area contributed by atoms with Crippen molar-refractivity contribution in [2.24, 2.45) is 0 Å². The number of aromatic nitrogens is 8. The van der Waals surface area contributed by atoms with Crippen molar-refractivity contribution in [1.82, 2.24) is 59.9 Å². The zero-order chi connectivity index (χ0) is 98.6. The number of benzene rings is 5. The molecule has 4 fully saturated rings. The molecule has 0 spiro atoms. The molecule has 0 aliphatic carbocycles. The number of hydrogen-bond donors (Lipinski definition) is 6. The Bertz CT molecular complexity index is 6390. The van der Waals surface area contributed by atoms with Gasteiger partial charge in [0.1, 0.15) is 57.5 Å². The highest BCUT2D eigenvalue weighted by Gasteiger charge is 2.40. The third-order valence-electron chi connectivity index (χ3n) is 24.8. The molecule has 31 nitrogen and oxygen atoms in total. The van der Waals surface area contributed by atoms with E-state index in [2.05, 4.69) is 50.5 Å². The van der Waals surface area contributed by atoms with E-state index in [1.165, 1.54) is 73.3 Å². The second-order valence-corrected chi connectivity index (χ2v) is 33.3. The van der Waals surface area contributed by atoms with Gasteiger partial charge < -0.3 is 95.0 Å². The van der Waals surface area contributed by atoms with Gasteiger partial charge in [0.2, 0.25) is 0 Å². The van der Waals surface area contributed by atoms with Crippen molar-refractivity contribution < 1.29 is 124 Å². The van der Waals surface area contributed by atoms with Crippen LogP contribution in [0, 0.1) is 0 Å². The van der Waals surface area contributed by atoms with Gasteiger partial charge in [0.25, 0.3) is 17.7 Å². The lowest BCUT2D eigenvalue weighted by Gasteiger charge is -2.35. The number of ether oxygens (including phenoxy) is 10. The van der Waals surface area contributed by atoms with Crippen molar-refractivity contribution in [3.63, 3.8) is 0 Å². The number of hydrogen-bond acceptors (Lipinski definition) is 27. The smallest absolute Gasteiger partial charge is 0.416 e. The number of amides is 3.